The lowest BCUT2D eigenvalue weighted by Crippen LogP contribution is -2.41. The summed E-state index contributed by atoms with van der Waals surface area (Å²) in [6.07, 6.45) is 3.85. The van der Waals surface area contributed by atoms with Crippen LogP contribution in [0.1, 0.15) is 36.9 Å². The Kier molecular flexibility index (Phi) is 5.76. The van der Waals surface area contributed by atoms with Crippen molar-refractivity contribution in [3.8, 4) is 11.4 Å². The Labute approximate surface area is 149 Å². The van der Waals surface area contributed by atoms with E-state index in [2.05, 4.69) is 24.0 Å². The minimum Gasteiger partial charge on any atom is -0.372 e. The van der Waals surface area contributed by atoms with E-state index in [0.29, 0.717) is 13.2 Å². The molecule has 5 nitrogen and oxygen atoms in total. The molecule has 1 aliphatic rings. The molecule has 3 rings (SSSR count). The lowest BCUT2D eigenvalue weighted by molar-refractivity contribution is -0.137. The van der Waals surface area contributed by atoms with E-state index in [4.69, 9.17) is 9.72 Å². The van der Waals surface area contributed by atoms with Crippen LogP contribution in [0.5, 0.6) is 0 Å². The van der Waals surface area contributed by atoms with E-state index < -0.39 is 0 Å². The predicted molar refractivity (Wildman–Crippen MR) is 97.3 cm³/mol. The van der Waals surface area contributed by atoms with E-state index in [9.17, 15) is 4.79 Å². The Morgan fingerprint density at radius 2 is 2.08 bits per heavy atom. The number of benzene rings is 1. The van der Waals surface area contributed by atoms with Crippen molar-refractivity contribution in [3.05, 3.63) is 47.8 Å². The van der Waals surface area contributed by atoms with Gasteiger partial charge in [-0.1, -0.05) is 29.8 Å². The molecule has 132 valence electrons. The van der Waals surface area contributed by atoms with Crippen LogP contribution in [0.2, 0.25) is 0 Å². The molecule has 1 atom stereocenters. The van der Waals surface area contributed by atoms with Gasteiger partial charge in [0.2, 0.25) is 5.91 Å². The molecule has 1 amide bonds. The van der Waals surface area contributed by atoms with Gasteiger partial charge in [-0.2, -0.15) is 0 Å². The van der Waals surface area contributed by atoms with Gasteiger partial charge >= 0.3 is 0 Å². The molecule has 1 saturated heterocycles. The molecule has 25 heavy (non-hydrogen) atoms. The first-order chi connectivity index (χ1) is 12.2. The number of aromatic nitrogens is 2. The summed E-state index contributed by atoms with van der Waals surface area (Å²) in [6, 6.07) is 10.2. The molecule has 2 heterocycles. The first-order valence-electron chi connectivity index (χ1n) is 8.93. The number of ether oxygens (including phenoxy) is 1. The summed E-state index contributed by atoms with van der Waals surface area (Å²) >= 11 is 0. The molecule has 0 radical (unpaired) electrons. The van der Waals surface area contributed by atoms with Crippen molar-refractivity contribution >= 4 is 5.91 Å². The van der Waals surface area contributed by atoms with Crippen molar-refractivity contribution in [2.24, 2.45) is 0 Å². The number of likely N-dealkylation sites (tertiary alicyclic amines) is 1. The molecule has 5 heteroatoms. The van der Waals surface area contributed by atoms with Crippen molar-refractivity contribution < 1.29 is 9.53 Å². The van der Waals surface area contributed by atoms with E-state index in [-0.39, 0.29) is 18.4 Å². The maximum atomic E-state index is 12.2. The SMILES string of the molecule is CCOCC(=O)N1CCC[C@@H](c2ccnc(-c3ccc(C)cc3)n2)C1. The molecule has 1 aliphatic heterocycles. The molecular formula is C20H25N3O2. The summed E-state index contributed by atoms with van der Waals surface area (Å²) in [7, 11) is 0. The largest absolute Gasteiger partial charge is 0.372 e. The van der Waals surface area contributed by atoms with Crippen LogP contribution in [-0.4, -0.2) is 47.1 Å². The van der Waals surface area contributed by atoms with E-state index in [1.165, 1.54) is 5.56 Å². The van der Waals surface area contributed by atoms with Gasteiger partial charge in [-0.05, 0) is 32.8 Å². The zero-order valence-electron chi connectivity index (χ0n) is 14.9. The Balaban J connectivity index is 1.74. The fourth-order valence-corrected chi connectivity index (χ4v) is 3.17. The zero-order chi connectivity index (χ0) is 17.6. The standard InChI is InChI=1S/C20H25N3O2/c1-3-25-14-19(24)23-12-4-5-17(13-23)18-10-11-21-20(22-18)16-8-6-15(2)7-9-16/h6-11,17H,3-5,12-14H2,1-2H3/t17-/m1/s1. The molecule has 0 saturated carbocycles. The quantitative estimate of drug-likeness (QED) is 0.839. The summed E-state index contributed by atoms with van der Waals surface area (Å²) in [5, 5.41) is 0. The van der Waals surface area contributed by atoms with E-state index >= 15 is 0 Å². The molecule has 1 fully saturated rings. The van der Waals surface area contributed by atoms with E-state index in [0.717, 1.165) is 36.5 Å². The van der Waals surface area contributed by atoms with Crippen LogP contribution in [0.3, 0.4) is 0 Å². The fraction of sp³-hybridized carbons (Fsp3) is 0.450. The van der Waals surface area contributed by atoms with Gasteiger partial charge < -0.3 is 9.64 Å². The fourth-order valence-electron chi connectivity index (χ4n) is 3.17. The van der Waals surface area contributed by atoms with Gasteiger partial charge in [-0.3, -0.25) is 4.79 Å². The van der Waals surface area contributed by atoms with Crippen molar-refractivity contribution in [2.75, 3.05) is 26.3 Å². The third-order valence-electron chi connectivity index (χ3n) is 4.61. The summed E-state index contributed by atoms with van der Waals surface area (Å²) < 4.78 is 5.26. The van der Waals surface area contributed by atoms with Crippen LogP contribution >= 0.6 is 0 Å². The molecule has 1 aromatic carbocycles. The smallest absolute Gasteiger partial charge is 0.248 e. The number of aryl methyl sites for hydroxylation is 1. The second-order valence-corrected chi connectivity index (χ2v) is 6.49. The molecule has 0 N–H and O–H groups in total. The maximum absolute atomic E-state index is 12.2. The highest BCUT2D eigenvalue weighted by molar-refractivity contribution is 5.77. The topological polar surface area (TPSA) is 55.3 Å². The minimum atomic E-state index is 0.0689. The van der Waals surface area contributed by atoms with Crippen molar-refractivity contribution in [3.63, 3.8) is 0 Å². The average Bonchev–Trinajstić information content (AvgIpc) is 2.67. The Morgan fingerprint density at radius 1 is 1.28 bits per heavy atom. The van der Waals surface area contributed by atoms with Crippen LogP contribution in [0.15, 0.2) is 36.5 Å². The molecule has 0 bridgehead atoms. The van der Waals surface area contributed by atoms with Crippen molar-refractivity contribution in [1.29, 1.82) is 0 Å². The summed E-state index contributed by atoms with van der Waals surface area (Å²) in [6.45, 7) is 6.21. The Bertz CT molecular complexity index is 715. The average molecular weight is 339 g/mol. The van der Waals surface area contributed by atoms with Gasteiger partial charge in [0.05, 0.1) is 0 Å². The monoisotopic (exact) mass is 339 g/mol. The second kappa shape index (κ2) is 8.21. The van der Waals surface area contributed by atoms with Gasteiger partial charge in [-0.25, -0.2) is 9.97 Å². The number of hydrogen-bond donors (Lipinski definition) is 0. The number of nitrogens with zero attached hydrogens (tertiary/aromatic N) is 3. The van der Waals surface area contributed by atoms with Crippen LogP contribution in [0, 0.1) is 6.92 Å². The predicted octanol–water partition coefficient (Wildman–Crippen LogP) is 3.19. The van der Waals surface area contributed by atoms with Crippen LogP contribution in [0.25, 0.3) is 11.4 Å². The number of hydrogen-bond acceptors (Lipinski definition) is 4. The first kappa shape index (κ1) is 17.5. The molecule has 0 unspecified atom stereocenters. The second-order valence-electron chi connectivity index (χ2n) is 6.49. The number of carbonyl (C=O) groups is 1. The number of amides is 1. The van der Waals surface area contributed by atoms with Gasteiger partial charge in [0.25, 0.3) is 0 Å². The number of carbonyl (C=O) groups excluding carboxylic acids is 1. The van der Waals surface area contributed by atoms with Gasteiger partial charge in [0.1, 0.15) is 6.61 Å². The Morgan fingerprint density at radius 3 is 2.84 bits per heavy atom. The maximum Gasteiger partial charge on any atom is 0.248 e. The molecule has 2 aromatic rings. The molecule has 0 spiro atoms. The highest BCUT2D eigenvalue weighted by Crippen LogP contribution is 2.27. The van der Waals surface area contributed by atoms with E-state index in [1.807, 2.05) is 36.2 Å². The van der Waals surface area contributed by atoms with Crippen molar-refractivity contribution in [2.45, 2.75) is 32.6 Å². The molecule has 0 aliphatic carbocycles. The summed E-state index contributed by atoms with van der Waals surface area (Å²) in [5.74, 6) is 1.07. The van der Waals surface area contributed by atoms with Crippen LogP contribution in [-0.2, 0) is 9.53 Å². The van der Waals surface area contributed by atoms with Crippen LogP contribution in [0.4, 0.5) is 0 Å². The summed E-state index contributed by atoms with van der Waals surface area (Å²) in [5.41, 5.74) is 3.25. The highest BCUT2D eigenvalue weighted by Gasteiger charge is 2.25. The molecule has 1 aromatic heterocycles. The lowest BCUT2D eigenvalue weighted by atomic mass is 9.94. The third kappa shape index (κ3) is 4.42. The third-order valence-corrected chi connectivity index (χ3v) is 4.61. The van der Waals surface area contributed by atoms with E-state index in [1.54, 1.807) is 0 Å². The summed E-state index contributed by atoms with van der Waals surface area (Å²) in [4.78, 5) is 23.3. The molecular weight excluding hydrogens is 314 g/mol. The van der Waals surface area contributed by atoms with Crippen molar-refractivity contribution in [1.82, 2.24) is 14.9 Å². The van der Waals surface area contributed by atoms with Gasteiger partial charge in [0.15, 0.2) is 5.82 Å². The highest BCUT2D eigenvalue weighted by atomic mass is 16.5. The number of rotatable bonds is 5. The van der Waals surface area contributed by atoms with Crippen LogP contribution < -0.4 is 0 Å². The van der Waals surface area contributed by atoms with Gasteiger partial charge in [0, 0.05) is 43.1 Å². The van der Waals surface area contributed by atoms with Gasteiger partial charge in [-0.15, -0.1) is 0 Å². The Hall–Kier alpha value is -2.27. The first-order valence-corrected chi connectivity index (χ1v) is 8.93. The zero-order valence-corrected chi connectivity index (χ0v) is 14.9. The lowest BCUT2D eigenvalue weighted by Gasteiger charge is -2.32. The minimum absolute atomic E-state index is 0.0689. The number of piperidine rings is 1. The normalized spacial score (nSPS) is 17.5.